The lowest BCUT2D eigenvalue weighted by Gasteiger charge is -2.03. The van der Waals surface area contributed by atoms with Gasteiger partial charge in [0.05, 0.1) is 0 Å². The highest BCUT2D eigenvalue weighted by Gasteiger charge is 2.17. The van der Waals surface area contributed by atoms with Gasteiger partial charge in [-0.25, -0.2) is 0 Å². The Hall–Kier alpha value is -2.28. The van der Waals surface area contributed by atoms with Crippen molar-refractivity contribution in [2.24, 2.45) is 0 Å². The summed E-state index contributed by atoms with van der Waals surface area (Å²) in [5.41, 5.74) is 1.28. The minimum atomic E-state index is -0.150. The van der Waals surface area contributed by atoms with Gasteiger partial charge in [0, 0.05) is 12.5 Å². The summed E-state index contributed by atoms with van der Waals surface area (Å²) < 4.78 is 1.66. The molecule has 1 amide bonds. The van der Waals surface area contributed by atoms with Crippen LogP contribution in [0.1, 0.15) is 47.4 Å². The average Bonchev–Trinajstić information content (AvgIpc) is 3.12. The first kappa shape index (κ1) is 15.6. The van der Waals surface area contributed by atoms with Gasteiger partial charge in [-0.1, -0.05) is 55.5 Å². The molecule has 0 radical (unpaired) electrons. The van der Waals surface area contributed by atoms with Gasteiger partial charge in [-0.3, -0.25) is 4.79 Å². The number of hydrogen-bond acceptors (Lipinski definition) is 5. The molecule has 0 spiro atoms. The topological polar surface area (TPSA) is 72.2 Å². The largest absolute Gasteiger partial charge is 0.350 e. The summed E-state index contributed by atoms with van der Waals surface area (Å²) in [6, 6.07) is 10.2. The number of aromatic nitrogens is 4. The van der Waals surface area contributed by atoms with Crippen LogP contribution in [-0.4, -0.2) is 32.3 Å². The summed E-state index contributed by atoms with van der Waals surface area (Å²) >= 11 is 1.26. The molecule has 7 heteroatoms. The van der Waals surface area contributed by atoms with E-state index in [0.717, 1.165) is 18.7 Å². The van der Waals surface area contributed by atoms with Crippen molar-refractivity contribution in [1.82, 2.24) is 25.1 Å². The fraction of sp³-hybridized carbons (Fsp3) is 0.375. The van der Waals surface area contributed by atoms with E-state index in [4.69, 9.17) is 0 Å². The molecule has 3 aromatic rings. The molecular formula is C16H19N5OS. The lowest BCUT2D eigenvalue weighted by molar-refractivity contribution is 0.0951. The van der Waals surface area contributed by atoms with Crippen molar-refractivity contribution in [2.45, 2.75) is 32.6 Å². The number of nitrogens with one attached hydrogen (secondary N) is 1. The lowest BCUT2D eigenvalue weighted by atomic mass is 10.1. The Morgan fingerprint density at radius 3 is 2.78 bits per heavy atom. The maximum Gasteiger partial charge on any atom is 0.282 e. The zero-order valence-electron chi connectivity index (χ0n) is 13.2. The molecule has 2 aromatic heterocycles. The molecule has 1 aromatic carbocycles. The molecule has 0 unspecified atom stereocenters. The van der Waals surface area contributed by atoms with E-state index in [1.54, 1.807) is 4.52 Å². The normalized spacial score (nSPS) is 11.3. The zero-order valence-corrected chi connectivity index (χ0v) is 14.0. The molecule has 0 aliphatic carbocycles. The highest BCUT2D eigenvalue weighted by atomic mass is 32.1. The number of benzene rings is 1. The van der Waals surface area contributed by atoms with Gasteiger partial charge in [0.25, 0.3) is 5.91 Å². The molecule has 3 rings (SSSR count). The third kappa shape index (κ3) is 3.56. The summed E-state index contributed by atoms with van der Waals surface area (Å²) in [6.07, 6.45) is 1.85. The van der Waals surface area contributed by atoms with Crippen LogP contribution in [-0.2, 0) is 6.42 Å². The monoisotopic (exact) mass is 329 g/mol. The van der Waals surface area contributed by atoms with Crippen LogP contribution >= 0.6 is 11.3 Å². The summed E-state index contributed by atoms with van der Waals surface area (Å²) in [5.74, 6) is 0.844. The molecule has 0 aliphatic rings. The molecule has 0 aliphatic heterocycles. The van der Waals surface area contributed by atoms with Crippen molar-refractivity contribution < 1.29 is 4.79 Å². The first-order valence-electron chi connectivity index (χ1n) is 7.69. The number of aryl methyl sites for hydroxylation is 1. The standard InChI is InChI=1S/C16H19N5OS/c1-11(2)13-18-19-16-21(13)20-15(23-16)14(22)17-10-6-9-12-7-4-3-5-8-12/h3-5,7-8,11H,6,9-10H2,1-2H3,(H,17,22). The van der Waals surface area contributed by atoms with E-state index in [1.165, 1.54) is 16.9 Å². The van der Waals surface area contributed by atoms with Crippen molar-refractivity contribution >= 4 is 22.2 Å². The molecule has 120 valence electrons. The molecule has 0 fully saturated rings. The third-order valence-electron chi connectivity index (χ3n) is 3.50. The van der Waals surface area contributed by atoms with E-state index in [-0.39, 0.29) is 11.8 Å². The lowest BCUT2D eigenvalue weighted by Crippen LogP contribution is -2.24. The molecule has 6 nitrogen and oxygen atoms in total. The van der Waals surface area contributed by atoms with Crippen LogP contribution in [0.4, 0.5) is 0 Å². The smallest absolute Gasteiger partial charge is 0.282 e. The summed E-state index contributed by atoms with van der Waals surface area (Å²) in [4.78, 5) is 12.8. The van der Waals surface area contributed by atoms with Gasteiger partial charge < -0.3 is 5.32 Å². The number of carbonyl (C=O) groups excluding carboxylic acids is 1. The van der Waals surface area contributed by atoms with Crippen LogP contribution in [0.2, 0.25) is 0 Å². The molecular weight excluding hydrogens is 310 g/mol. The summed E-state index contributed by atoms with van der Waals surface area (Å²) in [6.45, 7) is 4.68. The highest BCUT2D eigenvalue weighted by molar-refractivity contribution is 7.18. The van der Waals surface area contributed by atoms with Crippen molar-refractivity contribution in [3.63, 3.8) is 0 Å². The Morgan fingerprint density at radius 1 is 1.26 bits per heavy atom. The molecule has 0 atom stereocenters. The van der Waals surface area contributed by atoms with Crippen LogP contribution in [0.15, 0.2) is 30.3 Å². The van der Waals surface area contributed by atoms with Crippen LogP contribution in [0.3, 0.4) is 0 Å². The van der Waals surface area contributed by atoms with E-state index in [1.807, 2.05) is 32.0 Å². The summed E-state index contributed by atoms with van der Waals surface area (Å²) in [5, 5.41) is 15.8. The van der Waals surface area contributed by atoms with Crippen molar-refractivity contribution in [3.8, 4) is 0 Å². The number of hydrogen-bond donors (Lipinski definition) is 1. The fourth-order valence-electron chi connectivity index (χ4n) is 2.30. The predicted molar refractivity (Wildman–Crippen MR) is 89.8 cm³/mol. The first-order chi connectivity index (χ1) is 11.1. The van der Waals surface area contributed by atoms with E-state index in [9.17, 15) is 4.79 Å². The first-order valence-corrected chi connectivity index (χ1v) is 8.51. The summed E-state index contributed by atoms with van der Waals surface area (Å²) in [7, 11) is 0. The number of fused-ring (bicyclic) bond motifs is 1. The van der Waals surface area contributed by atoms with Gasteiger partial charge in [-0.15, -0.1) is 15.3 Å². The van der Waals surface area contributed by atoms with Crippen molar-refractivity contribution in [1.29, 1.82) is 0 Å². The Bertz CT molecular complexity index is 793. The second kappa shape index (κ2) is 6.87. The molecule has 0 saturated heterocycles. The predicted octanol–water partition coefficient (Wildman–Crippen LogP) is 2.67. The molecule has 0 saturated carbocycles. The van der Waals surface area contributed by atoms with Gasteiger partial charge in [0.15, 0.2) is 5.82 Å². The number of carbonyl (C=O) groups is 1. The van der Waals surface area contributed by atoms with Gasteiger partial charge >= 0.3 is 0 Å². The molecule has 0 bridgehead atoms. The quantitative estimate of drug-likeness (QED) is 0.706. The maximum absolute atomic E-state index is 12.2. The van der Waals surface area contributed by atoms with Gasteiger partial charge in [-0.2, -0.15) is 4.52 Å². The molecule has 2 heterocycles. The van der Waals surface area contributed by atoms with E-state index in [2.05, 4.69) is 32.7 Å². The van der Waals surface area contributed by atoms with Gasteiger partial charge in [-0.05, 0) is 18.4 Å². The maximum atomic E-state index is 12.2. The van der Waals surface area contributed by atoms with Gasteiger partial charge in [0.1, 0.15) is 0 Å². The van der Waals surface area contributed by atoms with Crippen LogP contribution < -0.4 is 5.32 Å². The average molecular weight is 329 g/mol. The minimum absolute atomic E-state index is 0.150. The van der Waals surface area contributed by atoms with Crippen molar-refractivity contribution in [2.75, 3.05) is 6.54 Å². The Morgan fingerprint density at radius 2 is 2.04 bits per heavy atom. The Balaban J connectivity index is 1.56. The van der Waals surface area contributed by atoms with Crippen LogP contribution in [0.25, 0.3) is 4.96 Å². The van der Waals surface area contributed by atoms with E-state index in [0.29, 0.717) is 16.5 Å². The highest BCUT2D eigenvalue weighted by Crippen LogP contribution is 2.18. The number of amides is 1. The van der Waals surface area contributed by atoms with E-state index >= 15 is 0 Å². The molecule has 1 N–H and O–H groups in total. The zero-order chi connectivity index (χ0) is 16.2. The Labute approximate surface area is 138 Å². The number of rotatable bonds is 6. The van der Waals surface area contributed by atoms with Crippen molar-refractivity contribution in [3.05, 3.63) is 46.7 Å². The fourth-order valence-corrected chi connectivity index (χ4v) is 3.06. The van der Waals surface area contributed by atoms with Crippen LogP contribution in [0.5, 0.6) is 0 Å². The minimum Gasteiger partial charge on any atom is -0.350 e. The van der Waals surface area contributed by atoms with E-state index < -0.39 is 0 Å². The van der Waals surface area contributed by atoms with Gasteiger partial charge in [0.2, 0.25) is 9.97 Å². The third-order valence-corrected chi connectivity index (χ3v) is 4.39. The second-order valence-corrected chi connectivity index (χ2v) is 6.62. The SMILES string of the molecule is CC(C)c1nnc2sc(C(=O)NCCCc3ccccc3)nn12. The second-order valence-electron chi connectivity index (χ2n) is 5.66. The Kier molecular flexibility index (Phi) is 4.66. The number of nitrogens with zero attached hydrogens (tertiary/aromatic N) is 4. The van der Waals surface area contributed by atoms with Crippen LogP contribution in [0, 0.1) is 0 Å². The molecule has 23 heavy (non-hydrogen) atoms.